The van der Waals surface area contributed by atoms with Gasteiger partial charge in [-0.1, -0.05) is 6.07 Å². The maximum Gasteiger partial charge on any atom is 0.238 e. The number of amides is 2. The molecule has 1 aliphatic heterocycles. The van der Waals surface area contributed by atoms with Crippen LogP contribution in [0.4, 0.5) is 10.1 Å². The highest BCUT2D eigenvalue weighted by Gasteiger charge is 2.25. The van der Waals surface area contributed by atoms with Crippen molar-refractivity contribution in [2.75, 3.05) is 32.0 Å². The minimum absolute atomic E-state index is 0.0375. The number of nitrogens with zero attached hydrogens (tertiary/aromatic N) is 1. The van der Waals surface area contributed by atoms with Gasteiger partial charge < -0.3 is 10.6 Å². The summed E-state index contributed by atoms with van der Waals surface area (Å²) >= 11 is 0. The van der Waals surface area contributed by atoms with E-state index in [1.807, 2.05) is 4.90 Å². The van der Waals surface area contributed by atoms with E-state index in [0.29, 0.717) is 24.3 Å². The first kappa shape index (κ1) is 16.4. The Morgan fingerprint density at radius 3 is 2.59 bits per heavy atom. The highest BCUT2D eigenvalue weighted by atomic mass is 19.1. The number of anilines is 1. The number of halogens is 1. The van der Waals surface area contributed by atoms with E-state index in [1.165, 1.54) is 6.07 Å². The predicted octanol–water partition coefficient (Wildman–Crippen LogP) is 1.53. The monoisotopic (exact) mass is 307 g/mol. The molecule has 120 valence electrons. The fourth-order valence-electron chi connectivity index (χ4n) is 2.63. The number of likely N-dealkylation sites (tertiary alicyclic amines) is 1. The Hall–Kier alpha value is -1.95. The molecular formula is C16H22FN3O2. The van der Waals surface area contributed by atoms with Crippen LogP contribution in [0.25, 0.3) is 0 Å². The number of benzene rings is 1. The van der Waals surface area contributed by atoms with Gasteiger partial charge in [0.1, 0.15) is 5.82 Å². The molecule has 1 aromatic carbocycles. The highest BCUT2D eigenvalue weighted by molar-refractivity contribution is 5.92. The quantitative estimate of drug-likeness (QED) is 0.887. The van der Waals surface area contributed by atoms with Gasteiger partial charge >= 0.3 is 0 Å². The number of rotatable bonds is 4. The molecule has 1 saturated heterocycles. The van der Waals surface area contributed by atoms with Gasteiger partial charge in [-0.25, -0.2) is 4.39 Å². The van der Waals surface area contributed by atoms with Crippen LogP contribution < -0.4 is 10.6 Å². The average molecular weight is 307 g/mol. The minimum Gasteiger partial charge on any atom is -0.359 e. The second-order valence-corrected chi connectivity index (χ2v) is 5.68. The Balaban J connectivity index is 1.80. The van der Waals surface area contributed by atoms with E-state index in [-0.39, 0.29) is 30.1 Å². The number of hydrogen-bond acceptors (Lipinski definition) is 3. The van der Waals surface area contributed by atoms with E-state index in [0.717, 1.165) is 12.8 Å². The van der Waals surface area contributed by atoms with Crippen LogP contribution in [0.1, 0.15) is 18.4 Å². The SMILES string of the molecule is CNC(=O)C1CCN(CC(=O)Nc2ccc(C)c(F)c2)CC1. The highest BCUT2D eigenvalue weighted by Crippen LogP contribution is 2.17. The molecule has 0 spiro atoms. The van der Waals surface area contributed by atoms with Gasteiger partial charge in [0.15, 0.2) is 0 Å². The summed E-state index contributed by atoms with van der Waals surface area (Å²) in [4.78, 5) is 25.6. The summed E-state index contributed by atoms with van der Waals surface area (Å²) in [5, 5.41) is 5.36. The first-order valence-electron chi connectivity index (χ1n) is 7.49. The number of carbonyl (C=O) groups is 2. The number of nitrogens with one attached hydrogen (secondary N) is 2. The van der Waals surface area contributed by atoms with Crippen LogP contribution in [0, 0.1) is 18.7 Å². The van der Waals surface area contributed by atoms with Crippen LogP contribution in [0.3, 0.4) is 0 Å². The van der Waals surface area contributed by atoms with Crippen LogP contribution in [0.2, 0.25) is 0 Å². The lowest BCUT2D eigenvalue weighted by Crippen LogP contribution is -2.42. The molecule has 2 amide bonds. The molecular weight excluding hydrogens is 285 g/mol. The Morgan fingerprint density at radius 1 is 1.32 bits per heavy atom. The summed E-state index contributed by atoms with van der Waals surface area (Å²) in [7, 11) is 1.64. The molecule has 1 fully saturated rings. The summed E-state index contributed by atoms with van der Waals surface area (Å²) in [6.45, 7) is 3.37. The number of aryl methyl sites for hydroxylation is 1. The Morgan fingerprint density at radius 2 is 2.00 bits per heavy atom. The Kier molecular flexibility index (Phi) is 5.49. The largest absolute Gasteiger partial charge is 0.359 e. The lowest BCUT2D eigenvalue weighted by atomic mass is 9.96. The van der Waals surface area contributed by atoms with Crippen molar-refractivity contribution in [2.45, 2.75) is 19.8 Å². The van der Waals surface area contributed by atoms with Crippen molar-refractivity contribution in [3.63, 3.8) is 0 Å². The van der Waals surface area contributed by atoms with Crippen molar-refractivity contribution < 1.29 is 14.0 Å². The zero-order valence-electron chi connectivity index (χ0n) is 13.0. The number of hydrogen-bond donors (Lipinski definition) is 2. The van der Waals surface area contributed by atoms with E-state index < -0.39 is 0 Å². The molecule has 0 bridgehead atoms. The molecule has 2 rings (SSSR count). The molecule has 0 atom stereocenters. The predicted molar refractivity (Wildman–Crippen MR) is 83.0 cm³/mol. The fraction of sp³-hybridized carbons (Fsp3) is 0.500. The lowest BCUT2D eigenvalue weighted by Gasteiger charge is -2.30. The van der Waals surface area contributed by atoms with Crippen LogP contribution in [0.15, 0.2) is 18.2 Å². The minimum atomic E-state index is -0.329. The van der Waals surface area contributed by atoms with Crippen molar-refractivity contribution in [1.82, 2.24) is 10.2 Å². The van der Waals surface area contributed by atoms with Crippen LogP contribution in [-0.2, 0) is 9.59 Å². The molecule has 22 heavy (non-hydrogen) atoms. The molecule has 0 unspecified atom stereocenters. The van der Waals surface area contributed by atoms with Gasteiger partial charge in [-0.3, -0.25) is 14.5 Å². The first-order valence-corrected chi connectivity index (χ1v) is 7.49. The van der Waals surface area contributed by atoms with E-state index in [2.05, 4.69) is 10.6 Å². The van der Waals surface area contributed by atoms with Crippen molar-refractivity contribution in [3.8, 4) is 0 Å². The number of piperidine rings is 1. The zero-order chi connectivity index (χ0) is 16.1. The first-order chi connectivity index (χ1) is 10.5. The van der Waals surface area contributed by atoms with Gasteiger partial charge in [0.25, 0.3) is 0 Å². The van der Waals surface area contributed by atoms with Gasteiger partial charge in [-0.15, -0.1) is 0 Å². The molecule has 6 heteroatoms. The molecule has 0 aromatic heterocycles. The third kappa shape index (κ3) is 4.27. The van der Waals surface area contributed by atoms with E-state index in [1.54, 1.807) is 26.1 Å². The summed E-state index contributed by atoms with van der Waals surface area (Å²) in [6.07, 6.45) is 1.51. The second-order valence-electron chi connectivity index (χ2n) is 5.68. The third-order valence-electron chi connectivity index (χ3n) is 4.03. The molecule has 1 heterocycles. The standard InChI is InChI=1S/C16H22FN3O2/c1-11-3-4-13(9-14(11)17)19-15(21)10-20-7-5-12(6-8-20)16(22)18-2/h3-4,9,12H,5-8,10H2,1-2H3,(H,18,22)(H,19,21). The van der Waals surface area contributed by atoms with Gasteiger partial charge in [-0.2, -0.15) is 0 Å². The van der Waals surface area contributed by atoms with Crippen molar-refractivity contribution in [3.05, 3.63) is 29.6 Å². The van der Waals surface area contributed by atoms with Crippen LogP contribution >= 0.6 is 0 Å². The molecule has 0 aliphatic carbocycles. The lowest BCUT2D eigenvalue weighted by molar-refractivity contribution is -0.126. The second kappa shape index (κ2) is 7.35. The van der Waals surface area contributed by atoms with Crippen molar-refractivity contribution >= 4 is 17.5 Å². The van der Waals surface area contributed by atoms with Crippen molar-refractivity contribution in [1.29, 1.82) is 0 Å². The maximum atomic E-state index is 13.4. The van der Waals surface area contributed by atoms with Crippen LogP contribution in [-0.4, -0.2) is 43.4 Å². The van der Waals surface area contributed by atoms with Gasteiger partial charge in [0, 0.05) is 18.7 Å². The third-order valence-corrected chi connectivity index (χ3v) is 4.03. The van der Waals surface area contributed by atoms with Crippen molar-refractivity contribution in [2.24, 2.45) is 5.92 Å². The summed E-state index contributed by atoms with van der Waals surface area (Å²) < 4.78 is 13.4. The molecule has 1 aliphatic rings. The maximum absolute atomic E-state index is 13.4. The summed E-state index contributed by atoms with van der Waals surface area (Å²) in [5.74, 6) is -0.388. The summed E-state index contributed by atoms with van der Waals surface area (Å²) in [6, 6.07) is 4.65. The molecule has 0 radical (unpaired) electrons. The normalized spacial score (nSPS) is 16.3. The molecule has 5 nitrogen and oxygen atoms in total. The topological polar surface area (TPSA) is 61.4 Å². The Labute approximate surface area is 129 Å². The smallest absolute Gasteiger partial charge is 0.238 e. The Bertz CT molecular complexity index is 554. The van der Waals surface area contributed by atoms with E-state index in [4.69, 9.17) is 0 Å². The van der Waals surface area contributed by atoms with Gasteiger partial charge in [0.05, 0.1) is 6.54 Å². The fourth-order valence-corrected chi connectivity index (χ4v) is 2.63. The average Bonchev–Trinajstić information content (AvgIpc) is 2.51. The molecule has 2 N–H and O–H groups in total. The molecule has 1 aromatic rings. The van der Waals surface area contributed by atoms with Gasteiger partial charge in [-0.05, 0) is 50.6 Å². The van der Waals surface area contributed by atoms with Gasteiger partial charge in [0.2, 0.25) is 11.8 Å². The zero-order valence-corrected chi connectivity index (χ0v) is 13.0. The van der Waals surface area contributed by atoms with Crippen LogP contribution in [0.5, 0.6) is 0 Å². The van der Waals surface area contributed by atoms with E-state index in [9.17, 15) is 14.0 Å². The summed E-state index contributed by atoms with van der Waals surface area (Å²) in [5.41, 5.74) is 1.02. The molecule has 0 saturated carbocycles. The van der Waals surface area contributed by atoms with E-state index >= 15 is 0 Å². The number of carbonyl (C=O) groups excluding carboxylic acids is 2.